The molecule has 0 spiro atoms. The third-order valence-corrected chi connectivity index (χ3v) is 4.95. The summed E-state index contributed by atoms with van der Waals surface area (Å²) in [5, 5.41) is 6.05. The van der Waals surface area contributed by atoms with Gasteiger partial charge in [-0.1, -0.05) is 72.8 Å². The predicted molar refractivity (Wildman–Crippen MR) is 132 cm³/mol. The van der Waals surface area contributed by atoms with E-state index >= 15 is 0 Å². The summed E-state index contributed by atoms with van der Waals surface area (Å²) in [7, 11) is 0. The van der Waals surface area contributed by atoms with Crippen molar-refractivity contribution in [2.75, 3.05) is 17.2 Å². The Balaban J connectivity index is 1.25. The molecule has 0 radical (unpaired) electrons. The molecule has 2 N–H and O–H groups in total. The zero-order chi connectivity index (χ0) is 22.7. The van der Waals surface area contributed by atoms with Crippen LogP contribution in [-0.4, -0.2) is 12.5 Å². The molecule has 166 valence electrons. The normalized spacial score (nSPS) is 10.3. The molecular formula is C28H26N2O3. The number of carbonyl (C=O) groups is 1. The first kappa shape index (κ1) is 22.0. The fourth-order valence-corrected chi connectivity index (χ4v) is 3.22. The highest BCUT2D eigenvalue weighted by Crippen LogP contribution is 2.25. The Morgan fingerprint density at radius 1 is 0.636 bits per heavy atom. The maximum absolute atomic E-state index is 12.5. The summed E-state index contributed by atoms with van der Waals surface area (Å²) < 4.78 is 11.7. The molecule has 0 saturated heterocycles. The molecule has 1 amide bonds. The molecule has 0 heterocycles. The molecule has 0 bridgehead atoms. The number of ether oxygens (including phenoxy) is 2. The van der Waals surface area contributed by atoms with Gasteiger partial charge in [-0.25, -0.2) is 0 Å². The van der Waals surface area contributed by atoms with Crippen LogP contribution in [0.2, 0.25) is 0 Å². The van der Waals surface area contributed by atoms with Crippen LogP contribution in [0.5, 0.6) is 11.5 Å². The van der Waals surface area contributed by atoms with E-state index in [1.54, 1.807) is 0 Å². The number of amides is 1. The van der Waals surface area contributed by atoms with Gasteiger partial charge in [0.15, 0.2) is 0 Å². The van der Waals surface area contributed by atoms with E-state index in [0.717, 1.165) is 22.6 Å². The molecule has 0 fully saturated rings. The number of nitrogens with one attached hydrogen (secondary N) is 2. The number of rotatable bonds is 10. The van der Waals surface area contributed by atoms with Gasteiger partial charge >= 0.3 is 0 Å². The van der Waals surface area contributed by atoms with E-state index in [4.69, 9.17) is 9.47 Å². The van der Waals surface area contributed by atoms with E-state index in [1.165, 1.54) is 0 Å². The fraction of sp³-hybridized carbons (Fsp3) is 0.107. The first-order valence-corrected chi connectivity index (χ1v) is 10.8. The Labute approximate surface area is 194 Å². The number of carbonyl (C=O) groups excluding carboxylic acids is 1. The lowest BCUT2D eigenvalue weighted by atomic mass is 10.2. The van der Waals surface area contributed by atoms with E-state index < -0.39 is 0 Å². The summed E-state index contributed by atoms with van der Waals surface area (Å²) in [4.78, 5) is 12.5. The Morgan fingerprint density at radius 3 is 1.88 bits per heavy atom. The van der Waals surface area contributed by atoms with E-state index in [1.807, 2.05) is 109 Å². The minimum Gasteiger partial charge on any atom is -0.489 e. The molecule has 0 aromatic heterocycles. The number of para-hydroxylation sites is 2. The Hall–Kier alpha value is -4.25. The van der Waals surface area contributed by atoms with Crippen molar-refractivity contribution < 1.29 is 14.3 Å². The topological polar surface area (TPSA) is 59.6 Å². The van der Waals surface area contributed by atoms with Crippen LogP contribution in [0, 0.1) is 0 Å². The minimum atomic E-state index is -0.157. The van der Waals surface area contributed by atoms with Crippen LogP contribution in [0.25, 0.3) is 0 Å². The van der Waals surface area contributed by atoms with E-state index in [0.29, 0.717) is 24.7 Å². The number of benzene rings is 4. The largest absolute Gasteiger partial charge is 0.489 e. The van der Waals surface area contributed by atoms with Crippen molar-refractivity contribution in [2.24, 2.45) is 0 Å². The third kappa shape index (κ3) is 6.87. The van der Waals surface area contributed by atoms with Crippen LogP contribution < -0.4 is 20.1 Å². The quantitative estimate of drug-likeness (QED) is 0.324. The van der Waals surface area contributed by atoms with Crippen LogP contribution in [0.1, 0.15) is 11.1 Å². The Bertz CT molecular complexity index is 1150. The molecule has 4 rings (SSSR count). The summed E-state index contributed by atoms with van der Waals surface area (Å²) >= 11 is 0. The lowest BCUT2D eigenvalue weighted by Gasteiger charge is -2.13. The van der Waals surface area contributed by atoms with Gasteiger partial charge in [0.25, 0.3) is 0 Å². The lowest BCUT2D eigenvalue weighted by Crippen LogP contribution is -2.22. The number of hydrogen-bond donors (Lipinski definition) is 2. The first-order chi connectivity index (χ1) is 16.3. The van der Waals surface area contributed by atoms with Gasteiger partial charge in [-0.3, -0.25) is 4.79 Å². The first-order valence-electron chi connectivity index (χ1n) is 10.8. The van der Waals surface area contributed by atoms with Crippen molar-refractivity contribution in [1.29, 1.82) is 0 Å². The van der Waals surface area contributed by atoms with Crippen LogP contribution in [-0.2, 0) is 18.0 Å². The highest BCUT2D eigenvalue weighted by Gasteiger charge is 2.08. The summed E-state index contributed by atoms with van der Waals surface area (Å²) in [5.41, 5.74) is 3.66. The molecule has 5 nitrogen and oxygen atoms in total. The van der Waals surface area contributed by atoms with Crippen molar-refractivity contribution in [2.45, 2.75) is 13.2 Å². The van der Waals surface area contributed by atoms with Crippen LogP contribution in [0.4, 0.5) is 11.4 Å². The SMILES string of the molecule is O=C(CNc1ccc(OCc2ccccc2)cc1)Nc1ccccc1OCc1ccccc1. The highest BCUT2D eigenvalue weighted by atomic mass is 16.5. The summed E-state index contributed by atoms with van der Waals surface area (Å²) in [5.74, 6) is 1.25. The molecule has 0 unspecified atom stereocenters. The third-order valence-electron chi connectivity index (χ3n) is 4.95. The monoisotopic (exact) mass is 438 g/mol. The van der Waals surface area contributed by atoms with Crippen molar-refractivity contribution >= 4 is 17.3 Å². The van der Waals surface area contributed by atoms with Crippen LogP contribution in [0.3, 0.4) is 0 Å². The average Bonchev–Trinajstić information content (AvgIpc) is 2.87. The van der Waals surface area contributed by atoms with Crippen LogP contribution in [0.15, 0.2) is 109 Å². The fourth-order valence-electron chi connectivity index (χ4n) is 3.22. The van der Waals surface area contributed by atoms with Gasteiger partial charge in [-0.05, 0) is 47.5 Å². The van der Waals surface area contributed by atoms with Gasteiger partial charge in [0.2, 0.25) is 5.91 Å². The van der Waals surface area contributed by atoms with E-state index in [-0.39, 0.29) is 12.5 Å². The Kier molecular flexibility index (Phi) is 7.58. The van der Waals surface area contributed by atoms with E-state index in [2.05, 4.69) is 10.6 Å². The zero-order valence-electron chi connectivity index (χ0n) is 18.2. The second-order valence-electron chi connectivity index (χ2n) is 7.47. The maximum atomic E-state index is 12.5. The summed E-state index contributed by atoms with van der Waals surface area (Å²) in [6.07, 6.45) is 0. The summed E-state index contributed by atoms with van der Waals surface area (Å²) in [6, 6.07) is 34.9. The highest BCUT2D eigenvalue weighted by molar-refractivity contribution is 5.95. The molecule has 4 aromatic rings. The molecule has 0 aliphatic carbocycles. The van der Waals surface area contributed by atoms with Gasteiger partial charge in [-0.2, -0.15) is 0 Å². The molecule has 0 aliphatic rings. The molecule has 5 heteroatoms. The van der Waals surface area contributed by atoms with E-state index in [9.17, 15) is 4.79 Å². The standard InChI is InChI=1S/C28H26N2O3/c31-28(30-26-13-7-8-14-27(26)33-21-23-11-5-2-6-12-23)19-29-24-15-17-25(18-16-24)32-20-22-9-3-1-4-10-22/h1-18,29H,19-21H2,(H,30,31). The predicted octanol–water partition coefficient (Wildman–Crippen LogP) is 5.90. The van der Waals surface area contributed by atoms with Crippen molar-refractivity contribution in [1.82, 2.24) is 0 Å². The molecule has 0 saturated carbocycles. The molecule has 0 atom stereocenters. The molecular weight excluding hydrogens is 412 g/mol. The van der Waals surface area contributed by atoms with Gasteiger partial charge in [0.1, 0.15) is 24.7 Å². The van der Waals surface area contributed by atoms with Crippen molar-refractivity contribution in [3.05, 3.63) is 120 Å². The van der Waals surface area contributed by atoms with Gasteiger partial charge in [0, 0.05) is 5.69 Å². The smallest absolute Gasteiger partial charge is 0.243 e. The lowest BCUT2D eigenvalue weighted by molar-refractivity contribution is -0.114. The second-order valence-corrected chi connectivity index (χ2v) is 7.47. The van der Waals surface area contributed by atoms with Crippen LogP contribution >= 0.6 is 0 Å². The molecule has 33 heavy (non-hydrogen) atoms. The zero-order valence-corrected chi connectivity index (χ0v) is 18.2. The molecule has 4 aromatic carbocycles. The van der Waals surface area contributed by atoms with Gasteiger partial charge < -0.3 is 20.1 Å². The van der Waals surface area contributed by atoms with Gasteiger partial charge in [0.05, 0.1) is 12.2 Å². The number of anilines is 2. The Morgan fingerprint density at radius 2 is 1.21 bits per heavy atom. The number of hydrogen-bond acceptors (Lipinski definition) is 4. The van der Waals surface area contributed by atoms with Crippen molar-refractivity contribution in [3.8, 4) is 11.5 Å². The van der Waals surface area contributed by atoms with Crippen molar-refractivity contribution in [3.63, 3.8) is 0 Å². The second kappa shape index (κ2) is 11.4. The molecule has 0 aliphatic heterocycles. The minimum absolute atomic E-state index is 0.136. The summed E-state index contributed by atoms with van der Waals surface area (Å²) in [6.45, 7) is 1.09. The average molecular weight is 439 g/mol. The van der Waals surface area contributed by atoms with Gasteiger partial charge in [-0.15, -0.1) is 0 Å². The maximum Gasteiger partial charge on any atom is 0.243 e.